The Morgan fingerprint density at radius 3 is 2.73 bits per heavy atom. The lowest BCUT2D eigenvalue weighted by Gasteiger charge is -2.06. The average molecular weight is 263 g/mol. The predicted octanol–water partition coefficient (Wildman–Crippen LogP) is 2.57. The van der Waals surface area contributed by atoms with Crippen LogP contribution in [0, 0.1) is 10.5 Å². The van der Waals surface area contributed by atoms with Crippen LogP contribution in [0.25, 0.3) is 0 Å². The molecular weight excluding hydrogens is 253 g/mol. The molecule has 0 unspecified atom stereocenters. The molecule has 60 valence electrons. The molecule has 11 heavy (non-hydrogen) atoms. The zero-order valence-corrected chi connectivity index (χ0v) is 8.68. The maximum Gasteiger partial charge on any atom is 0.0636 e. The standard InChI is InChI=1S/C8H10INO/c1-6-5-7(9)3-4-8(6)10-11-2/h3-5,10H,1-2H3. The summed E-state index contributed by atoms with van der Waals surface area (Å²) in [6.07, 6.45) is 0. The van der Waals surface area contributed by atoms with Crippen LogP contribution >= 0.6 is 22.6 Å². The first-order valence-electron chi connectivity index (χ1n) is 3.29. The van der Waals surface area contributed by atoms with Gasteiger partial charge in [0.25, 0.3) is 0 Å². The maximum atomic E-state index is 4.80. The molecule has 0 radical (unpaired) electrons. The van der Waals surface area contributed by atoms with Crippen LogP contribution in [0.2, 0.25) is 0 Å². The predicted molar refractivity (Wildman–Crippen MR) is 54.5 cm³/mol. The van der Waals surface area contributed by atoms with Gasteiger partial charge in [-0.2, -0.15) is 0 Å². The van der Waals surface area contributed by atoms with Gasteiger partial charge in [-0.05, 0) is 53.3 Å². The number of aryl methyl sites for hydroxylation is 1. The van der Waals surface area contributed by atoms with Crippen molar-refractivity contribution >= 4 is 28.3 Å². The normalized spacial score (nSPS) is 9.73. The van der Waals surface area contributed by atoms with Crippen molar-refractivity contribution in [3.63, 3.8) is 0 Å². The Labute approximate surface area is 80.0 Å². The van der Waals surface area contributed by atoms with Crippen LogP contribution in [0.15, 0.2) is 18.2 Å². The van der Waals surface area contributed by atoms with E-state index in [1.54, 1.807) is 7.11 Å². The van der Waals surface area contributed by atoms with Gasteiger partial charge >= 0.3 is 0 Å². The van der Waals surface area contributed by atoms with Gasteiger partial charge in [-0.25, -0.2) is 0 Å². The van der Waals surface area contributed by atoms with Crippen LogP contribution in [0.1, 0.15) is 5.56 Å². The molecule has 2 nitrogen and oxygen atoms in total. The first kappa shape index (κ1) is 8.80. The number of anilines is 1. The summed E-state index contributed by atoms with van der Waals surface area (Å²) in [5.41, 5.74) is 5.01. The molecule has 1 N–H and O–H groups in total. The molecule has 0 aliphatic heterocycles. The largest absolute Gasteiger partial charge is 0.279 e. The second-order valence-electron chi connectivity index (χ2n) is 2.27. The van der Waals surface area contributed by atoms with Crippen LogP contribution in [0.3, 0.4) is 0 Å². The van der Waals surface area contributed by atoms with Gasteiger partial charge in [0.05, 0.1) is 12.8 Å². The smallest absolute Gasteiger partial charge is 0.0636 e. The second kappa shape index (κ2) is 3.92. The van der Waals surface area contributed by atoms with E-state index in [1.807, 2.05) is 19.1 Å². The van der Waals surface area contributed by atoms with Gasteiger partial charge in [-0.15, -0.1) is 0 Å². The van der Waals surface area contributed by atoms with Crippen molar-refractivity contribution in [3.05, 3.63) is 27.3 Å². The maximum absolute atomic E-state index is 4.80. The molecule has 0 aliphatic rings. The minimum atomic E-state index is 1.02. The van der Waals surface area contributed by atoms with E-state index in [1.165, 1.54) is 9.13 Å². The van der Waals surface area contributed by atoms with Crippen LogP contribution in [0.5, 0.6) is 0 Å². The number of hydrogen-bond acceptors (Lipinski definition) is 2. The highest BCUT2D eigenvalue weighted by Crippen LogP contribution is 2.17. The summed E-state index contributed by atoms with van der Waals surface area (Å²) in [4.78, 5) is 4.80. The number of rotatable bonds is 2. The highest BCUT2D eigenvalue weighted by Gasteiger charge is 1.95. The fourth-order valence-electron chi connectivity index (χ4n) is 0.852. The van der Waals surface area contributed by atoms with E-state index >= 15 is 0 Å². The Hall–Kier alpha value is -0.290. The Kier molecular flexibility index (Phi) is 3.14. The lowest BCUT2D eigenvalue weighted by atomic mass is 10.2. The Balaban J connectivity index is 2.90. The number of benzene rings is 1. The molecule has 0 amide bonds. The molecule has 0 saturated carbocycles. The first-order valence-corrected chi connectivity index (χ1v) is 4.37. The minimum absolute atomic E-state index is 1.02. The van der Waals surface area contributed by atoms with Gasteiger partial charge < -0.3 is 0 Å². The average Bonchev–Trinajstić information content (AvgIpc) is 1.95. The van der Waals surface area contributed by atoms with E-state index in [2.05, 4.69) is 34.1 Å². The molecule has 0 spiro atoms. The molecule has 1 aromatic rings. The van der Waals surface area contributed by atoms with E-state index in [0.717, 1.165) is 5.69 Å². The fourth-order valence-corrected chi connectivity index (χ4v) is 1.50. The Morgan fingerprint density at radius 1 is 1.45 bits per heavy atom. The monoisotopic (exact) mass is 263 g/mol. The summed E-state index contributed by atoms with van der Waals surface area (Å²) in [6, 6.07) is 6.14. The van der Waals surface area contributed by atoms with Crippen LogP contribution in [-0.2, 0) is 4.84 Å². The summed E-state index contributed by atoms with van der Waals surface area (Å²) < 4.78 is 1.24. The van der Waals surface area contributed by atoms with Gasteiger partial charge in [0, 0.05) is 3.57 Å². The molecule has 3 heteroatoms. The molecular formula is C8H10INO. The van der Waals surface area contributed by atoms with E-state index < -0.39 is 0 Å². The van der Waals surface area contributed by atoms with Crippen LogP contribution in [-0.4, -0.2) is 7.11 Å². The molecule has 0 fully saturated rings. The molecule has 0 aliphatic carbocycles. The fraction of sp³-hybridized carbons (Fsp3) is 0.250. The van der Waals surface area contributed by atoms with Gasteiger partial charge in [0.2, 0.25) is 0 Å². The van der Waals surface area contributed by atoms with Crippen molar-refractivity contribution in [1.29, 1.82) is 0 Å². The van der Waals surface area contributed by atoms with Crippen LogP contribution in [0.4, 0.5) is 5.69 Å². The third kappa shape index (κ3) is 2.34. The molecule has 0 bridgehead atoms. The third-order valence-corrected chi connectivity index (χ3v) is 2.07. The molecule has 0 heterocycles. The molecule has 0 atom stereocenters. The van der Waals surface area contributed by atoms with Crippen molar-refractivity contribution in [2.75, 3.05) is 12.6 Å². The molecule has 0 saturated heterocycles. The highest BCUT2D eigenvalue weighted by molar-refractivity contribution is 14.1. The second-order valence-corrected chi connectivity index (χ2v) is 3.51. The lowest BCUT2D eigenvalue weighted by Crippen LogP contribution is -1.97. The summed E-state index contributed by atoms with van der Waals surface area (Å²) in [5, 5.41) is 0. The van der Waals surface area contributed by atoms with E-state index in [4.69, 9.17) is 4.84 Å². The number of nitrogens with one attached hydrogen (secondary N) is 1. The summed E-state index contributed by atoms with van der Waals surface area (Å²) in [5.74, 6) is 0. The Morgan fingerprint density at radius 2 is 2.18 bits per heavy atom. The van der Waals surface area contributed by atoms with Gasteiger partial charge in [-0.1, -0.05) is 0 Å². The zero-order chi connectivity index (χ0) is 8.27. The quantitative estimate of drug-likeness (QED) is 0.654. The first-order chi connectivity index (χ1) is 5.24. The third-order valence-electron chi connectivity index (χ3n) is 1.40. The van der Waals surface area contributed by atoms with E-state index in [9.17, 15) is 0 Å². The zero-order valence-electron chi connectivity index (χ0n) is 6.52. The number of hydrogen-bond donors (Lipinski definition) is 1. The van der Waals surface area contributed by atoms with Crippen molar-refractivity contribution in [2.45, 2.75) is 6.92 Å². The highest BCUT2D eigenvalue weighted by atomic mass is 127. The molecule has 1 aromatic carbocycles. The minimum Gasteiger partial charge on any atom is -0.279 e. The van der Waals surface area contributed by atoms with Crippen molar-refractivity contribution < 1.29 is 4.84 Å². The lowest BCUT2D eigenvalue weighted by molar-refractivity contribution is 0.270. The molecule has 0 aromatic heterocycles. The van der Waals surface area contributed by atoms with E-state index in [-0.39, 0.29) is 0 Å². The van der Waals surface area contributed by atoms with Crippen LogP contribution < -0.4 is 5.48 Å². The van der Waals surface area contributed by atoms with Gasteiger partial charge in [0.15, 0.2) is 0 Å². The van der Waals surface area contributed by atoms with E-state index in [0.29, 0.717) is 0 Å². The van der Waals surface area contributed by atoms with Gasteiger partial charge in [-0.3, -0.25) is 10.3 Å². The SMILES string of the molecule is CONc1ccc(I)cc1C. The van der Waals surface area contributed by atoms with Crippen molar-refractivity contribution in [2.24, 2.45) is 0 Å². The summed E-state index contributed by atoms with van der Waals surface area (Å²) in [7, 11) is 1.61. The van der Waals surface area contributed by atoms with Crippen molar-refractivity contribution in [3.8, 4) is 0 Å². The Bertz CT molecular complexity index is 250. The number of halogens is 1. The summed E-state index contributed by atoms with van der Waals surface area (Å²) >= 11 is 2.28. The summed E-state index contributed by atoms with van der Waals surface area (Å²) in [6.45, 7) is 2.05. The molecule has 1 rings (SSSR count). The van der Waals surface area contributed by atoms with Gasteiger partial charge in [0.1, 0.15) is 0 Å². The van der Waals surface area contributed by atoms with Crippen molar-refractivity contribution in [1.82, 2.24) is 0 Å². The topological polar surface area (TPSA) is 21.3 Å².